The quantitative estimate of drug-likeness (QED) is 0.713. The zero-order valence-corrected chi connectivity index (χ0v) is 16.3. The first-order chi connectivity index (χ1) is 12.6. The summed E-state index contributed by atoms with van der Waals surface area (Å²) in [5.74, 6) is 1.78. The van der Waals surface area contributed by atoms with Crippen LogP contribution in [0.25, 0.3) is 11.4 Å². The normalized spacial score (nSPS) is 17.0. The molecule has 1 aliphatic rings. The highest BCUT2D eigenvalue weighted by molar-refractivity contribution is 5.85. The molecule has 2 aromatic heterocycles. The fourth-order valence-electron chi connectivity index (χ4n) is 3.48. The standard InChI is InChI=1S/C18H23N7O.ClH/c1-12(2)14(16-20-17(23-26-16)18(19)10-6-7-11-18)25-22-15(21-24-25)13-8-4-3-5-9-13;/h3-5,8-9,12,14H,6-7,10-11,19H2,1-2H3;1H. The molecular weight excluding hydrogens is 366 g/mol. The van der Waals surface area contributed by atoms with E-state index in [-0.39, 0.29) is 24.4 Å². The van der Waals surface area contributed by atoms with Crippen molar-refractivity contribution >= 4 is 12.4 Å². The molecule has 4 rings (SSSR count). The minimum atomic E-state index is -0.478. The number of hydrogen-bond acceptors (Lipinski definition) is 7. The third kappa shape index (κ3) is 3.72. The van der Waals surface area contributed by atoms with Gasteiger partial charge in [0.2, 0.25) is 5.82 Å². The predicted octanol–water partition coefficient (Wildman–Crippen LogP) is 3.12. The van der Waals surface area contributed by atoms with Crippen LogP contribution in [-0.2, 0) is 5.54 Å². The molecule has 0 saturated heterocycles. The highest BCUT2D eigenvalue weighted by Crippen LogP contribution is 2.35. The van der Waals surface area contributed by atoms with E-state index >= 15 is 0 Å². The van der Waals surface area contributed by atoms with Gasteiger partial charge < -0.3 is 10.3 Å². The molecule has 144 valence electrons. The molecule has 0 amide bonds. The van der Waals surface area contributed by atoms with Crippen LogP contribution in [0.1, 0.15) is 57.3 Å². The summed E-state index contributed by atoms with van der Waals surface area (Å²) in [5.41, 5.74) is 6.89. The molecule has 0 bridgehead atoms. The molecule has 0 radical (unpaired) electrons. The van der Waals surface area contributed by atoms with Gasteiger partial charge in [-0.05, 0) is 24.0 Å². The maximum Gasteiger partial charge on any atom is 0.253 e. The van der Waals surface area contributed by atoms with Crippen molar-refractivity contribution in [2.75, 3.05) is 0 Å². The minimum Gasteiger partial charge on any atom is -0.337 e. The Balaban J connectivity index is 0.00000210. The summed E-state index contributed by atoms with van der Waals surface area (Å²) < 4.78 is 5.57. The molecule has 0 spiro atoms. The first kappa shape index (κ1) is 19.4. The van der Waals surface area contributed by atoms with Crippen LogP contribution >= 0.6 is 12.4 Å². The lowest BCUT2D eigenvalue weighted by molar-refractivity contribution is 0.261. The third-order valence-corrected chi connectivity index (χ3v) is 4.98. The molecular formula is C18H24ClN7O. The van der Waals surface area contributed by atoms with Crippen LogP contribution in [-0.4, -0.2) is 30.3 Å². The highest BCUT2D eigenvalue weighted by atomic mass is 35.5. The zero-order chi connectivity index (χ0) is 18.1. The first-order valence-electron chi connectivity index (χ1n) is 9.05. The fourth-order valence-corrected chi connectivity index (χ4v) is 3.48. The largest absolute Gasteiger partial charge is 0.337 e. The number of aromatic nitrogens is 6. The average molecular weight is 390 g/mol. The molecule has 1 aliphatic carbocycles. The number of halogens is 1. The predicted molar refractivity (Wildman–Crippen MR) is 102 cm³/mol. The van der Waals surface area contributed by atoms with E-state index in [9.17, 15) is 0 Å². The van der Waals surface area contributed by atoms with Crippen molar-refractivity contribution in [1.82, 2.24) is 30.3 Å². The van der Waals surface area contributed by atoms with Gasteiger partial charge in [0.25, 0.3) is 5.89 Å². The van der Waals surface area contributed by atoms with E-state index in [0.717, 1.165) is 31.2 Å². The van der Waals surface area contributed by atoms with Crippen LogP contribution in [0.15, 0.2) is 34.9 Å². The van der Waals surface area contributed by atoms with Crippen molar-refractivity contribution in [3.05, 3.63) is 42.0 Å². The molecule has 1 unspecified atom stereocenters. The molecule has 8 nitrogen and oxygen atoms in total. The summed E-state index contributed by atoms with van der Waals surface area (Å²) in [6, 6.07) is 9.47. The smallest absolute Gasteiger partial charge is 0.253 e. The van der Waals surface area contributed by atoms with Crippen molar-refractivity contribution in [3.8, 4) is 11.4 Å². The Labute approximate surface area is 163 Å². The molecule has 27 heavy (non-hydrogen) atoms. The molecule has 1 fully saturated rings. The van der Waals surface area contributed by atoms with Crippen LogP contribution in [0, 0.1) is 5.92 Å². The summed E-state index contributed by atoms with van der Waals surface area (Å²) in [4.78, 5) is 6.17. The van der Waals surface area contributed by atoms with Crippen molar-refractivity contribution in [2.45, 2.75) is 51.1 Å². The van der Waals surface area contributed by atoms with E-state index in [4.69, 9.17) is 10.3 Å². The lowest BCUT2D eigenvalue weighted by Gasteiger charge is -2.18. The second kappa shape index (κ2) is 7.74. The van der Waals surface area contributed by atoms with Crippen LogP contribution in [0.5, 0.6) is 0 Å². The van der Waals surface area contributed by atoms with Gasteiger partial charge in [-0.25, -0.2) is 0 Å². The van der Waals surface area contributed by atoms with E-state index < -0.39 is 5.54 Å². The second-order valence-corrected chi connectivity index (χ2v) is 7.31. The Morgan fingerprint density at radius 2 is 1.85 bits per heavy atom. The van der Waals surface area contributed by atoms with Crippen molar-refractivity contribution in [2.24, 2.45) is 11.7 Å². The molecule has 0 aliphatic heterocycles. The minimum absolute atomic E-state index is 0. The lowest BCUT2D eigenvalue weighted by Crippen LogP contribution is -2.34. The maximum atomic E-state index is 6.45. The number of rotatable bonds is 5. The Hall–Kier alpha value is -2.32. The van der Waals surface area contributed by atoms with E-state index in [1.54, 1.807) is 4.80 Å². The number of hydrogen-bond donors (Lipinski definition) is 1. The molecule has 2 N–H and O–H groups in total. The molecule has 2 heterocycles. The van der Waals surface area contributed by atoms with E-state index in [1.807, 2.05) is 30.3 Å². The summed E-state index contributed by atoms with van der Waals surface area (Å²) >= 11 is 0. The average Bonchev–Trinajstić information content (AvgIpc) is 3.37. The number of tetrazole rings is 1. The zero-order valence-electron chi connectivity index (χ0n) is 15.4. The van der Waals surface area contributed by atoms with Gasteiger partial charge in [-0.2, -0.15) is 9.78 Å². The number of benzene rings is 1. The Morgan fingerprint density at radius 3 is 2.52 bits per heavy atom. The van der Waals surface area contributed by atoms with Gasteiger partial charge in [0, 0.05) is 5.56 Å². The van der Waals surface area contributed by atoms with Gasteiger partial charge in [0.15, 0.2) is 11.9 Å². The van der Waals surface area contributed by atoms with Crippen molar-refractivity contribution in [3.63, 3.8) is 0 Å². The first-order valence-corrected chi connectivity index (χ1v) is 9.05. The van der Waals surface area contributed by atoms with Gasteiger partial charge >= 0.3 is 0 Å². The fraction of sp³-hybridized carbons (Fsp3) is 0.500. The topological polar surface area (TPSA) is 109 Å². The van der Waals surface area contributed by atoms with Crippen LogP contribution in [0.4, 0.5) is 0 Å². The Morgan fingerprint density at radius 1 is 1.15 bits per heavy atom. The van der Waals surface area contributed by atoms with E-state index in [2.05, 4.69) is 39.4 Å². The number of nitrogens with zero attached hydrogens (tertiary/aromatic N) is 6. The lowest BCUT2D eigenvalue weighted by atomic mass is 9.98. The van der Waals surface area contributed by atoms with Crippen molar-refractivity contribution < 1.29 is 4.52 Å². The van der Waals surface area contributed by atoms with E-state index in [1.165, 1.54) is 0 Å². The monoisotopic (exact) mass is 389 g/mol. The molecule has 1 saturated carbocycles. The Bertz CT molecular complexity index is 871. The van der Waals surface area contributed by atoms with Crippen molar-refractivity contribution in [1.29, 1.82) is 0 Å². The molecule has 1 atom stereocenters. The van der Waals surface area contributed by atoms with Gasteiger partial charge in [0.05, 0.1) is 5.54 Å². The second-order valence-electron chi connectivity index (χ2n) is 7.31. The van der Waals surface area contributed by atoms with Crippen LogP contribution in [0.2, 0.25) is 0 Å². The van der Waals surface area contributed by atoms with Gasteiger partial charge in [0.1, 0.15) is 0 Å². The SMILES string of the molecule is CC(C)C(c1nc(C2(N)CCCC2)no1)n1nnc(-c2ccccc2)n1.Cl. The van der Waals surface area contributed by atoms with Crippen LogP contribution < -0.4 is 5.73 Å². The molecule has 3 aromatic rings. The molecule has 9 heteroatoms. The van der Waals surface area contributed by atoms with Crippen LogP contribution in [0.3, 0.4) is 0 Å². The summed E-state index contributed by atoms with van der Waals surface area (Å²) in [6.45, 7) is 4.13. The van der Waals surface area contributed by atoms with Gasteiger partial charge in [-0.15, -0.1) is 22.6 Å². The summed E-state index contributed by atoms with van der Waals surface area (Å²) in [5, 5.41) is 17.1. The summed E-state index contributed by atoms with van der Waals surface area (Å²) in [6.07, 6.45) is 3.97. The molecule has 1 aromatic carbocycles. The third-order valence-electron chi connectivity index (χ3n) is 4.98. The maximum absolute atomic E-state index is 6.45. The highest BCUT2D eigenvalue weighted by Gasteiger charge is 2.37. The Kier molecular flexibility index (Phi) is 5.57. The van der Waals surface area contributed by atoms with Gasteiger partial charge in [-0.1, -0.05) is 62.2 Å². The summed E-state index contributed by atoms with van der Waals surface area (Å²) in [7, 11) is 0. The van der Waals surface area contributed by atoms with Gasteiger partial charge in [-0.3, -0.25) is 0 Å². The number of nitrogens with two attached hydrogens (primary N) is 1. The van der Waals surface area contributed by atoms with E-state index in [0.29, 0.717) is 17.5 Å².